The molecule has 0 bridgehead atoms. The van der Waals surface area contributed by atoms with E-state index in [4.69, 9.17) is 13.9 Å². The van der Waals surface area contributed by atoms with Crippen LogP contribution in [-0.2, 0) is 14.3 Å². The van der Waals surface area contributed by atoms with Gasteiger partial charge in [0.25, 0.3) is 5.91 Å². The molecule has 2 N–H and O–H groups in total. The molecule has 1 aromatic heterocycles. The van der Waals surface area contributed by atoms with Crippen LogP contribution in [0.2, 0.25) is 0 Å². The van der Waals surface area contributed by atoms with E-state index in [2.05, 4.69) is 10.3 Å². The molecule has 0 radical (unpaired) electrons. The molecule has 35 heavy (non-hydrogen) atoms. The summed E-state index contributed by atoms with van der Waals surface area (Å²) in [5.74, 6) is 0.499. The Bertz CT molecular complexity index is 976. The number of nitrogens with zero attached hydrogens (tertiary/aromatic N) is 2. The van der Waals surface area contributed by atoms with Gasteiger partial charge in [0.1, 0.15) is 5.52 Å². The van der Waals surface area contributed by atoms with Gasteiger partial charge < -0.3 is 29.2 Å². The molecule has 3 aliphatic rings. The number of carbonyl (C=O) groups excluding carboxylic acids is 2. The number of nitrogens with one attached hydrogen (secondary N) is 1. The molecular weight excluding hydrogens is 450 g/mol. The number of carbonyl (C=O) groups is 2. The predicted octanol–water partition coefficient (Wildman–Crippen LogP) is 3.56. The van der Waals surface area contributed by atoms with Gasteiger partial charge in [-0.1, -0.05) is 44.2 Å². The maximum Gasteiger partial charge on any atom is 0.408 e. The van der Waals surface area contributed by atoms with Crippen LogP contribution < -0.4 is 5.32 Å². The molecule has 1 aliphatic heterocycles. The highest BCUT2D eigenvalue weighted by Crippen LogP contribution is 2.38. The van der Waals surface area contributed by atoms with Crippen molar-refractivity contribution in [2.75, 3.05) is 26.3 Å². The Kier molecular flexibility index (Phi) is 7.53. The monoisotopic (exact) mass is 485 g/mol. The molecule has 0 spiro atoms. The molecule has 2 aliphatic carbocycles. The maximum atomic E-state index is 13.3. The lowest BCUT2D eigenvalue weighted by atomic mass is 9.85. The van der Waals surface area contributed by atoms with Crippen molar-refractivity contribution in [1.29, 1.82) is 0 Å². The fourth-order valence-corrected chi connectivity index (χ4v) is 5.29. The van der Waals surface area contributed by atoms with E-state index in [9.17, 15) is 14.7 Å². The normalized spacial score (nSPS) is 21.9. The van der Waals surface area contributed by atoms with Crippen molar-refractivity contribution >= 4 is 23.1 Å². The first-order valence-electron chi connectivity index (χ1n) is 13.0. The summed E-state index contributed by atoms with van der Waals surface area (Å²) in [4.78, 5) is 32.5. The van der Waals surface area contributed by atoms with Crippen LogP contribution in [0, 0.1) is 11.8 Å². The first-order chi connectivity index (χ1) is 17.1. The number of amides is 2. The Morgan fingerprint density at radius 2 is 1.86 bits per heavy atom. The molecule has 9 nitrogen and oxygen atoms in total. The first kappa shape index (κ1) is 24.1. The summed E-state index contributed by atoms with van der Waals surface area (Å²) in [7, 11) is 0. The zero-order chi connectivity index (χ0) is 24.2. The predicted molar refractivity (Wildman–Crippen MR) is 127 cm³/mol. The van der Waals surface area contributed by atoms with Gasteiger partial charge in [-0.2, -0.15) is 0 Å². The van der Waals surface area contributed by atoms with Crippen molar-refractivity contribution < 1.29 is 28.6 Å². The van der Waals surface area contributed by atoms with Crippen LogP contribution in [0.5, 0.6) is 0 Å². The number of para-hydroxylation sites is 2. The van der Waals surface area contributed by atoms with Gasteiger partial charge in [-0.3, -0.25) is 4.79 Å². The summed E-state index contributed by atoms with van der Waals surface area (Å²) in [5.41, 5.74) is 1.24. The van der Waals surface area contributed by atoms with Gasteiger partial charge in [0.15, 0.2) is 17.8 Å². The quantitative estimate of drug-likeness (QED) is 0.588. The topological polar surface area (TPSA) is 114 Å². The van der Waals surface area contributed by atoms with E-state index in [0.717, 1.165) is 38.5 Å². The van der Waals surface area contributed by atoms with E-state index in [0.29, 0.717) is 49.7 Å². The average Bonchev–Trinajstić information content (AvgIpc) is 3.64. The first-order valence-corrected chi connectivity index (χ1v) is 13.0. The zero-order valence-corrected chi connectivity index (χ0v) is 20.1. The minimum absolute atomic E-state index is 0.110. The number of alkyl carbamates (subject to hydrolysis) is 1. The van der Waals surface area contributed by atoms with E-state index in [-0.39, 0.29) is 17.7 Å². The van der Waals surface area contributed by atoms with Crippen LogP contribution in [0.15, 0.2) is 28.7 Å². The standard InChI is InChI=1S/C26H35N3O6/c30-23(24-27-19-8-4-5-9-20(19)34-24)22(18-10-11-18)28-26(32)35-21(16-17-6-2-1-3-7-17)25(31)29-12-14-33-15-13-29/h4-5,8-9,17-18,21-23,30H,1-3,6-7,10-16H2,(H,28,32)/t21-,22-,23?/m0/s1. The van der Waals surface area contributed by atoms with E-state index in [1.807, 2.05) is 18.2 Å². The Morgan fingerprint density at radius 1 is 1.11 bits per heavy atom. The minimum Gasteiger partial charge on any atom is -0.438 e. The van der Waals surface area contributed by atoms with Crippen molar-refractivity contribution in [1.82, 2.24) is 15.2 Å². The third-order valence-electron chi connectivity index (χ3n) is 7.44. The van der Waals surface area contributed by atoms with Crippen molar-refractivity contribution in [2.24, 2.45) is 11.8 Å². The van der Waals surface area contributed by atoms with Gasteiger partial charge in [0.2, 0.25) is 5.89 Å². The molecule has 2 amide bonds. The lowest BCUT2D eigenvalue weighted by Gasteiger charge is -2.32. The Morgan fingerprint density at radius 3 is 2.57 bits per heavy atom. The summed E-state index contributed by atoms with van der Waals surface area (Å²) in [6, 6.07) is 6.71. The van der Waals surface area contributed by atoms with Gasteiger partial charge in [0.05, 0.1) is 19.3 Å². The van der Waals surface area contributed by atoms with Crippen LogP contribution in [0.25, 0.3) is 11.1 Å². The number of rotatable bonds is 8. The Labute approximate surface area is 205 Å². The molecule has 2 heterocycles. The fourth-order valence-electron chi connectivity index (χ4n) is 5.29. The summed E-state index contributed by atoms with van der Waals surface area (Å²) in [5, 5.41) is 13.9. The van der Waals surface area contributed by atoms with Crippen LogP contribution in [0.4, 0.5) is 4.79 Å². The molecule has 3 atom stereocenters. The SMILES string of the molecule is O=C(N[C@@H](C1CC1)C(O)c1nc2ccccc2o1)O[C@@H](CC1CCCCC1)C(=O)N1CCOCC1. The molecule has 3 fully saturated rings. The van der Waals surface area contributed by atoms with E-state index < -0.39 is 24.3 Å². The minimum atomic E-state index is -1.10. The third-order valence-corrected chi connectivity index (χ3v) is 7.44. The molecule has 2 saturated carbocycles. The van der Waals surface area contributed by atoms with Gasteiger partial charge >= 0.3 is 6.09 Å². The molecule has 9 heteroatoms. The van der Waals surface area contributed by atoms with Gasteiger partial charge in [-0.05, 0) is 43.2 Å². The average molecular weight is 486 g/mol. The van der Waals surface area contributed by atoms with E-state index in [1.165, 1.54) is 6.42 Å². The molecular formula is C26H35N3O6. The van der Waals surface area contributed by atoms with E-state index in [1.54, 1.807) is 11.0 Å². The third kappa shape index (κ3) is 5.95. The second kappa shape index (κ2) is 11.0. The molecule has 2 aromatic rings. The van der Waals surface area contributed by atoms with Gasteiger partial charge in [-0.25, -0.2) is 9.78 Å². The highest BCUT2D eigenvalue weighted by molar-refractivity contribution is 5.83. The lowest BCUT2D eigenvalue weighted by molar-refractivity contribution is -0.145. The Balaban J connectivity index is 1.26. The number of hydrogen-bond donors (Lipinski definition) is 2. The molecule has 1 unspecified atom stereocenters. The number of aliphatic hydroxyl groups excluding tert-OH is 1. The number of aliphatic hydroxyl groups is 1. The Hall–Kier alpha value is -2.65. The number of aromatic nitrogens is 1. The van der Waals surface area contributed by atoms with Crippen LogP contribution in [0.3, 0.4) is 0 Å². The smallest absolute Gasteiger partial charge is 0.408 e. The number of fused-ring (bicyclic) bond motifs is 1. The van der Waals surface area contributed by atoms with Gasteiger partial charge in [0, 0.05) is 13.1 Å². The van der Waals surface area contributed by atoms with Crippen LogP contribution in [0.1, 0.15) is 63.4 Å². The second-order valence-corrected chi connectivity index (χ2v) is 10.0. The van der Waals surface area contributed by atoms with Crippen LogP contribution in [-0.4, -0.2) is 65.4 Å². The summed E-state index contributed by atoms with van der Waals surface area (Å²) in [6.45, 7) is 2.00. The number of morpholine rings is 1. The summed E-state index contributed by atoms with van der Waals surface area (Å²) in [6.07, 6.45) is 5.32. The number of oxazole rings is 1. The highest BCUT2D eigenvalue weighted by atomic mass is 16.6. The van der Waals surface area contributed by atoms with Crippen LogP contribution >= 0.6 is 0 Å². The largest absolute Gasteiger partial charge is 0.438 e. The highest BCUT2D eigenvalue weighted by Gasteiger charge is 2.41. The van der Waals surface area contributed by atoms with Crippen molar-refractivity contribution in [3.8, 4) is 0 Å². The summed E-state index contributed by atoms with van der Waals surface area (Å²) >= 11 is 0. The number of benzene rings is 1. The lowest BCUT2D eigenvalue weighted by Crippen LogP contribution is -2.49. The number of hydrogen-bond acceptors (Lipinski definition) is 7. The molecule has 5 rings (SSSR count). The van der Waals surface area contributed by atoms with Crippen molar-refractivity contribution in [3.63, 3.8) is 0 Å². The van der Waals surface area contributed by atoms with E-state index >= 15 is 0 Å². The van der Waals surface area contributed by atoms with Crippen molar-refractivity contribution in [2.45, 2.75) is 69.6 Å². The van der Waals surface area contributed by atoms with Crippen molar-refractivity contribution in [3.05, 3.63) is 30.2 Å². The molecule has 190 valence electrons. The zero-order valence-electron chi connectivity index (χ0n) is 20.1. The number of ether oxygens (including phenoxy) is 2. The fraction of sp³-hybridized carbons (Fsp3) is 0.654. The maximum absolute atomic E-state index is 13.3. The second-order valence-electron chi connectivity index (χ2n) is 10.0. The molecule has 1 saturated heterocycles. The molecule has 1 aromatic carbocycles. The summed E-state index contributed by atoms with van der Waals surface area (Å²) < 4.78 is 16.9. The van der Waals surface area contributed by atoms with Gasteiger partial charge in [-0.15, -0.1) is 0 Å².